The van der Waals surface area contributed by atoms with Gasteiger partial charge >= 0.3 is 11.8 Å². The molecule has 7 nitrogen and oxygen atoms in total. The number of hydrogen-bond donors (Lipinski definition) is 3. The van der Waals surface area contributed by atoms with Crippen LogP contribution in [-0.2, 0) is 9.59 Å². The number of halogens is 3. The fourth-order valence-corrected chi connectivity index (χ4v) is 4.42. The molecule has 0 radical (unpaired) electrons. The van der Waals surface area contributed by atoms with Crippen LogP contribution >= 0.6 is 47.8 Å². The van der Waals surface area contributed by atoms with Crippen LogP contribution < -0.4 is 16.1 Å². The maximum absolute atomic E-state index is 13.2. The number of carbonyl (C=O) groups excluding carboxylic acids is 3. The van der Waals surface area contributed by atoms with E-state index in [0.29, 0.717) is 22.3 Å². The Balaban J connectivity index is 1.63. The molecule has 3 N–H and O–H groups in total. The minimum atomic E-state index is -0.919. The van der Waals surface area contributed by atoms with Crippen LogP contribution in [0.25, 0.3) is 10.9 Å². The Labute approximate surface area is 220 Å². The molecule has 0 atom stereocenters. The Morgan fingerprint density at radius 2 is 1.38 bits per heavy atom. The van der Waals surface area contributed by atoms with Crippen molar-refractivity contribution >= 4 is 87.8 Å². The van der Waals surface area contributed by atoms with Crippen LogP contribution in [0.3, 0.4) is 0 Å². The van der Waals surface area contributed by atoms with Crippen molar-refractivity contribution in [3.05, 3.63) is 91.4 Å². The topological polar surface area (TPSA) is 92.2 Å². The van der Waals surface area contributed by atoms with Crippen LogP contribution in [0.15, 0.2) is 80.1 Å². The minimum Gasteiger partial charge on any atom is -0.320 e. The zero-order chi connectivity index (χ0) is 24.4. The molecule has 0 aliphatic heterocycles. The second kappa shape index (κ2) is 10.1. The molecule has 0 spiro atoms. The zero-order valence-corrected chi connectivity index (χ0v) is 22.4. The van der Waals surface area contributed by atoms with E-state index in [1.54, 1.807) is 48.5 Å². The molecule has 10 heteroatoms. The molecule has 0 aliphatic carbocycles. The first-order valence-corrected chi connectivity index (χ1v) is 12.4. The van der Waals surface area contributed by atoms with Gasteiger partial charge in [0.2, 0.25) is 0 Å². The quantitative estimate of drug-likeness (QED) is 0.230. The molecule has 0 bridgehead atoms. The molecule has 0 aliphatic rings. The van der Waals surface area contributed by atoms with Gasteiger partial charge in [-0.15, -0.1) is 0 Å². The first-order chi connectivity index (χ1) is 16.2. The molecular formula is C24H17Br3N4O3. The molecule has 3 aromatic carbocycles. The molecule has 1 heterocycles. The number of nitrogens with one attached hydrogen (secondary N) is 3. The predicted octanol–water partition coefficient (Wildman–Crippen LogP) is 6.20. The largest absolute Gasteiger partial charge is 0.328 e. The van der Waals surface area contributed by atoms with Crippen molar-refractivity contribution in [3.8, 4) is 0 Å². The Kier molecular flexibility index (Phi) is 7.20. The highest BCUT2D eigenvalue weighted by Crippen LogP contribution is 2.25. The normalized spacial score (nSPS) is 10.7. The monoisotopic (exact) mass is 646 g/mol. The molecule has 34 heavy (non-hydrogen) atoms. The van der Waals surface area contributed by atoms with Gasteiger partial charge in [-0.2, -0.15) is 0 Å². The second-order valence-electron chi connectivity index (χ2n) is 7.38. The van der Waals surface area contributed by atoms with Crippen LogP contribution in [0, 0.1) is 6.92 Å². The third kappa shape index (κ3) is 5.40. The average molecular weight is 649 g/mol. The number of aryl methyl sites for hydroxylation is 1. The number of benzene rings is 3. The van der Waals surface area contributed by atoms with Gasteiger partial charge in [-0.3, -0.25) is 19.8 Å². The third-order valence-corrected chi connectivity index (χ3v) is 6.47. The lowest BCUT2D eigenvalue weighted by Gasteiger charge is -2.13. The molecular weight excluding hydrogens is 632 g/mol. The summed E-state index contributed by atoms with van der Waals surface area (Å²) < 4.78 is 3.86. The summed E-state index contributed by atoms with van der Waals surface area (Å²) in [6, 6.07) is 19.3. The number of aromatic nitrogens is 1. The fraction of sp³-hybridized carbons (Fsp3) is 0.0417. The number of rotatable bonds is 4. The molecule has 0 saturated heterocycles. The molecule has 0 unspecified atom stereocenters. The van der Waals surface area contributed by atoms with Crippen molar-refractivity contribution in [1.82, 2.24) is 4.68 Å². The lowest BCUT2D eigenvalue weighted by molar-refractivity contribution is -0.133. The summed E-state index contributed by atoms with van der Waals surface area (Å²) in [6.07, 6.45) is 0. The summed E-state index contributed by atoms with van der Waals surface area (Å²) >= 11 is 10.2. The Morgan fingerprint density at radius 3 is 2.09 bits per heavy atom. The van der Waals surface area contributed by atoms with Gasteiger partial charge in [-0.25, -0.2) is 4.68 Å². The maximum atomic E-state index is 13.2. The zero-order valence-electron chi connectivity index (χ0n) is 17.7. The minimum absolute atomic E-state index is 0.167. The summed E-state index contributed by atoms with van der Waals surface area (Å²) in [4.78, 5) is 38.4. The van der Waals surface area contributed by atoms with E-state index >= 15 is 0 Å². The average Bonchev–Trinajstić information content (AvgIpc) is 3.14. The van der Waals surface area contributed by atoms with Crippen molar-refractivity contribution in [2.24, 2.45) is 0 Å². The molecule has 1 aromatic heterocycles. The molecule has 3 amide bonds. The molecule has 0 saturated carbocycles. The smallest absolute Gasteiger partial charge is 0.320 e. The van der Waals surface area contributed by atoms with Crippen molar-refractivity contribution in [2.45, 2.75) is 6.92 Å². The van der Waals surface area contributed by atoms with Gasteiger partial charge in [-0.1, -0.05) is 47.8 Å². The van der Waals surface area contributed by atoms with Gasteiger partial charge in [0, 0.05) is 30.2 Å². The van der Waals surface area contributed by atoms with E-state index in [-0.39, 0.29) is 5.69 Å². The van der Waals surface area contributed by atoms with Gasteiger partial charge in [0.15, 0.2) is 0 Å². The fourth-order valence-electron chi connectivity index (χ4n) is 3.30. The van der Waals surface area contributed by atoms with E-state index in [4.69, 9.17) is 0 Å². The molecule has 0 fully saturated rings. The number of amides is 3. The van der Waals surface area contributed by atoms with Crippen molar-refractivity contribution in [3.63, 3.8) is 0 Å². The number of hydrogen-bond acceptors (Lipinski definition) is 3. The van der Waals surface area contributed by atoms with Crippen molar-refractivity contribution in [2.75, 3.05) is 16.1 Å². The van der Waals surface area contributed by atoms with Crippen LogP contribution in [-0.4, -0.2) is 22.4 Å². The van der Waals surface area contributed by atoms with Gasteiger partial charge in [0.1, 0.15) is 5.69 Å². The van der Waals surface area contributed by atoms with Gasteiger partial charge in [-0.05, 0) is 79.2 Å². The first kappa shape index (κ1) is 24.2. The van der Waals surface area contributed by atoms with Crippen LogP contribution in [0.4, 0.5) is 11.4 Å². The Bertz CT molecular complexity index is 1430. The highest BCUT2D eigenvalue weighted by atomic mass is 79.9. The van der Waals surface area contributed by atoms with Crippen molar-refractivity contribution < 1.29 is 14.4 Å². The number of anilines is 2. The van der Waals surface area contributed by atoms with Gasteiger partial charge in [0.25, 0.3) is 5.91 Å². The highest BCUT2D eigenvalue weighted by Gasteiger charge is 2.21. The van der Waals surface area contributed by atoms with Crippen LogP contribution in [0.1, 0.15) is 16.1 Å². The van der Waals surface area contributed by atoms with Crippen LogP contribution in [0.2, 0.25) is 0 Å². The summed E-state index contributed by atoms with van der Waals surface area (Å²) in [6.45, 7) is 1.88. The van der Waals surface area contributed by atoms with Crippen molar-refractivity contribution in [1.29, 1.82) is 0 Å². The van der Waals surface area contributed by atoms with E-state index in [9.17, 15) is 14.4 Å². The number of fused-ring (bicyclic) bond motifs is 1. The van der Waals surface area contributed by atoms with Gasteiger partial charge < -0.3 is 10.6 Å². The molecule has 172 valence electrons. The lowest BCUT2D eigenvalue weighted by atomic mass is 10.2. The van der Waals surface area contributed by atoms with E-state index in [1.807, 2.05) is 25.1 Å². The summed E-state index contributed by atoms with van der Waals surface area (Å²) in [5, 5.41) is 6.12. The van der Waals surface area contributed by atoms with E-state index in [0.717, 1.165) is 19.0 Å². The SMILES string of the molecule is Cc1cc(Br)ccc1NC(=O)c1cc2cc(Br)ccc2n1NC(=O)C(=O)Nc1ccc(Br)cc1. The number of nitrogens with zero attached hydrogens (tertiary/aromatic N) is 1. The van der Waals surface area contributed by atoms with Crippen LogP contribution in [0.5, 0.6) is 0 Å². The summed E-state index contributed by atoms with van der Waals surface area (Å²) in [5.41, 5.74) is 5.24. The molecule has 4 rings (SSSR count). The standard InChI is InChI=1S/C24H17Br3N4O3/c1-13-10-16(26)4-8-19(13)29-22(32)21-12-14-11-17(27)5-9-20(14)31(21)30-24(34)23(33)28-18-6-2-15(25)3-7-18/h2-12H,1H3,(H,28,33)(H,29,32)(H,30,34). The predicted molar refractivity (Wildman–Crippen MR) is 144 cm³/mol. The van der Waals surface area contributed by atoms with Gasteiger partial charge in [0.05, 0.1) is 5.52 Å². The number of carbonyl (C=O) groups is 3. The maximum Gasteiger partial charge on any atom is 0.328 e. The lowest BCUT2D eigenvalue weighted by Crippen LogP contribution is -2.36. The van der Waals surface area contributed by atoms with E-state index < -0.39 is 17.7 Å². The van der Waals surface area contributed by atoms with E-state index in [1.165, 1.54) is 4.68 Å². The third-order valence-electron chi connectivity index (χ3n) is 4.95. The summed E-state index contributed by atoms with van der Waals surface area (Å²) in [5.74, 6) is -2.22. The second-order valence-corrected chi connectivity index (χ2v) is 10.1. The summed E-state index contributed by atoms with van der Waals surface area (Å²) in [7, 11) is 0. The Morgan fingerprint density at radius 1 is 0.735 bits per heavy atom. The van der Waals surface area contributed by atoms with E-state index in [2.05, 4.69) is 63.8 Å². The highest BCUT2D eigenvalue weighted by molar-refractivity contribution is 9.11. The molecule has 4 aromatic rings. The Hall–Kier alpha value is -2.95. The first-order valence-electron chi connectivity index (χ1n) is 9.97.